The third kappa shape index (κ3) is 16.5. The highest BCUT2D eigenvalue weighted by Crippen LogP contribution is 2.07. The maximum atomic E-state index is 2.42. The number of benzene rings is 1. The maximum absolute atomic E-state index is 2.42. The molecule has 0 spiro atoms. The van der Waals surface area contributed by atoms with E-state index < -0.39 is 24.2 Å². The van der Waals surface area contributed by atoms with Crippen LogP contribution in [0.2, 0.25) is 70.5 Å². The van der Waals surface area contributed by atoms with E-state index in [1.807, 2.05) is 0 Å². The van der Waals surface area contributed by atoms with Crippen molar-refractivity contribution in [1.82, 2.24) is 0 Å². The van der Waals surface area contributed by atoms with Crippen LogP contribution in [0.3, 0.4) is 0 Å². The van der Waals surface area contributed by atoms with Crippen molar-refractivity contribution in [2.75, 3.05) is 0 Å². The van der Waals surface area contributed by atoms with Crippen LogP contribution < -0.4 is 5.19 Å². The zero-order valence-electron chi connectivity index (χ0n) is 18.0. The molecule has 0 saturated heterocycles. The summed E-state index contributed by atoms with van der Waals surface area (Å²) in [7, 11) is -2.32. The third-order valence-corrected chi connectivity index (χ3v) is 12.5. The van der Waals surface area contributed by atoms with Crippen molar-refractivity contribution in [2.45, 2.75) is 91.3 Å². The zero-order valence-corrected chi connectivity index (χ0v) is 21.0. The smallest absolute Gasteiger partial charge is 0.0696 e. The maximum Gasteiger partial charge on any atom is 0.0803 e. The van der Waals surface area contributed by atoms with Crippen LogP contribution in [-0.2, 0) is 0 Å². The SMILES string of the molecule is CC[Si](C)(C)C.CC[Si](C)(C)C.CC[Si](C)(C)c1ccccc1. The molecule has 0 unspecified atom stereocenters. The summed E-state index contributed by atoms with van der Waals surface area (Å²) in [5.41, 5.74) is 0. The van der Waals surface area contributed by atoms with Gasteiger partial charge in [0.2, 0.25) is 0 Å². The number of rotatable bonds is 4. The first-order valence-corrected chi connectivity index (χ1v) is 20.0. The van der Waals surface area contributed by atoms with Crippen molar-refractivity contribution in [3.05, 3.63) is 30.3 Å². The van der Waals surface area contributed by atoms with Crippen LogP contribution in [-0.4, -0.2) is 24.2 Å². The lowest BCUT2D eigenvalue weighted by Gasteiger charge is -2.20. The quantitative estimate of drug-likeness (QED) is 0.489. The lowest BCUT2D eigenvalue weighted by atomic mass is 10.4. The molecule has 0 atom stereocenters. The fourth-order valence-corrected chi connectivity index (χ4v) is 2.60. The van der Waals surface area contributed by atoms with Gasteiger partial charge in [-0.3, -0.25) is 0 Å². The molecule has 0 fully saturated rings. The summed E-state index contributed by atoms with van der Waals surface area (Å²) in [5, 5.41) is 1.57. The summed E-state index contributed by atoms with van der Waals surface area (Å²) in [6.07, 6.45) is 0. The molecule has 0 saturated carbocycles. The summed E-state index contributed by atoms with van der Waals surface area (Å²) < 4.78 is 0. The average molecular weight is 369 g/mol. The molecule has 0 aliphatic rings. The molecule has 136 valence electrons. The molecule has 1 rings (SSSR count). The highest BCUT2D eigenvalue weighted by molar-refractivity contribution is 6.89. The molecule has 3 heteroatoms. The molecule has 0 nitrogen and oxygen atoms in total. The van der Waals surface area contributed by atoms with Crippen molar-refractivity contribution >= 4 is 29.4 Å². The van der Waals surface area contributed by atoms with Gasteiger partial charge in [0.25, 0.3) is 0 Å². The van der Waals surface area contributed by atoms with E-state index in [4.69, 9.17) is 0 Å². The third-order valence-electron chi connectivity index (χ3n) is 4.56. The fourth-order valence-electron chi connectivity index (χ4n) is 1.09. The van der Waals surface area contributed by atoms with E-state index in [2.05, 4.69) is 103 Å². The Morgan fingerprint density at radius 3 is 1.09 bits per heavy atom. The lowest BCUT2D eigenvalue weighted by molar-refractivity contribution is 1.36. The van der Waals surface area contributed by atoms with Gasteiger partial charge in [-0.25, -0.2) is 0 Å². The van der Waals surface area contributed by atoms with Crippen LogP contribution in [0, 0.1) is 0 Å². The molecular weight excluding hydrogens is 324 g/mol. The van der Waals surface area contributed by atoms with Gasteiger partial charge in [0, 0.05) is 16.1 Å². The summed E-state index contributed by atoms with van der Waals surface area (Å²) >= 11 is 0. The Morgan fingerprint density at radius 2 is 0.870 bits per heavy atom. The van der Waals surface area contributed by atoms with Gasteiger partial charge in [-0.1, -0.05) is 127 Å². The first-order valence-electron chi connectivity index (χ1n) is 9.34. The first kappa shape index (κ1) is 25.1. The van der Waals surface area contributed by atoms with Gasteiger partial charge in [0.15, 0.2) is 0 Å². The van der Waals surface area contributed by atoms with Gasteiger partial charge in [-0.2, -0.15) is 0 Å². The van der Waals surface area contributed by atoms with Gasteiger partial charge in [-0.15, -0.1) is 0 Å². The van der Waals surface area contributed by atoms with E-state index in [0.29, 0.717) is 0 Å². The highest BCUT2D eigenvalue weighted by atomic mass is 28.3. The van der Waals surface area contributed by atoms with Gasteiger partial charge in [-0.05, 0) is 0 Å². The summed E-state index contributed by atoms with van der Waals surface area (Å²) in [6, 6.07) is 15.0. The Morgan fingerprint density at radius 1 is 0.565 bits per heavy atom. The number of hydrogen-bond acceptors (Lipinski definition) is 0. The minimum Gasteiger partial charge on any atom is -0.0696 e. The van der Waals surface area contributed by atoms with Gasteiger partial charge in [0.1, 0.15) is 0 Å². The van der Waals surface area contributed by atoms with Crippen molar-refractivity contribution in [3.63, 3.8) is 0 Å². The van der Waals surface area contributed by atoms with Gasteiger partial charge >= 0.3 is 0 Å². The molecule has 1 aromatic carbocycles. The summed E-state index contributed by atoms with van der Waals surface area (Å²) in [4.78, 5) is 0. The fraction of sp³-hybridized carbons (Fsp3) is 0.700. The second-order valence-electron chi connectivity index (χ2n) is 9.43. The molecular formula is C20H44Si3. The van der Waals surface area contributed by atoms with Crippen LogP contribution in [0.5, 0.6) is 0 Å². The average Bonchev–Trinajstić information content (AvgIpc) is 2.48. The molecule has 0 amide bonds. The van der Waals surface area contributed by atoms with Crippen LogP contribution in [0.4, 0.5) is 0 Å². The van der Waals surface area contributed by atoms with E-state index in [1.165, 1.54) is 18.1 Å². The molecule has 0 radical (unpaired) electrons. The summed E-state index contributed by atoms with van der Waals surface area (Å²) in [6.45, 7) is 26.0. The Hall–Kier alpha value is -0.129. The molecule has 0 N–H and O–H groups in total. The predicted octanol–water partition coefficient (Wildman–Crippen LogP) is 7.31. The highest BCUT2D eigenvalue weighted by Gasteiger charge is 2.19. The van der Waals surface area contributed by atoms with E-state index in [1.54, 1.807) is 5.19 Å². The topological polar surface area (TPSA) is 0 Å². The van der Waals surface area contributed by atoms with Crippen LogP contribution in [0.15, 0.2) is 30.3 Å². The molecule has 1 aromatic rings. The molecule has 0 aromatic heterocycles. The lowest BCUT2D eigenvalue weighted by Crippen LogP contribution is -2.39. The summed E-state index contributed by atoms with van der Waals surface area (Å²) in [5.74, 6) is 0. The van der Waals surface area contributed by atoms with Crippen molar-refractivity contribution < 1.29 is 0 Å². The number of hydrogen-bond donors (Lipinski definition) is 0. The first-order chi connectivity index (χ1) is 10.3. The Kier molecular flexibility index (Phi) is 12.5. The Labute approximate surface area is 151 Å². The van der Waals surface area contributed by atoms with E-state index >= 15 is 0 Å². The van der Waals surface area contributed by atoms with Crippen LogP contribution in [0.25, 0.3) is 0 Å². The zero-order chi connectivity index (χ0) is 18.7. The van der Waals surface area contributed by atoms with Crippen molar-refractivity contribution in [2.24, 2.45) is 0 Å². The molecule has 0 aliphatic carbocycles. The second kappa shape index (κ2) is 11.4. The van der Waals surface area contributed by atoms with Gasteiger partial charge < -0.3 is 0 Å². The van der Waals surface area contributed by atoms with Gasteiger partial charge in [0.05, 0.1) is 8.07 Å². The van der Waals surface area contributed by atoms with Crippen molar-refractivity contribution in [3.8, 4) is 0 Å². The van der Waals surface area contributed by atoms with Crippen molar-refractivity contribution in [1.29, 1.82) is 0 Å². The minimum atomic E-state index is -1.05. The monoisotopic (exact) mass is 368 g/mol. The van der Waals surface area contributed by atoms with E-state index in [9.17, 15) is 0 Å². The molecule has 0 aliphatic heterocycles. The normalized spacial score (nSPS) is 11.8. The molecule has 23 heavy (non-hydrogen) atoms. The Balaban J connectivity index is 0. The molecule has 0 bridgehead atoms. The van der Waals surface area contributed by atoms with E-state index in [-0.39, 0.29) is 0 Å². The largest absolute Gasteiger partial charge is 0.0803 e. The van der Waals surface area contributed by atoms with Crippen LogP contribution in [0.1, 0.15) is 20.8 Å². The minimum absolute atomic E-state index is 0.631. The second-order valence-corrected chi connectivity index (χ2v) is 26.1. The predicted molar refractivity (Wildman–Crippen MR) is 122 cm³/mol. The van der Waals surface area contributed by atoms with E-state index in [0.717, 1.165) is 0 Å². The standard InChI is InChI=1S/C10H16Si.2C5H14Si/c1-4-11(2,3)10-8-6-5-7-9-10;2*1-5-6(2,3)4/h5-9H,4H2,1-3H3;2*5H2,1-4H3. The Bertz CT molecular complexity index is 370. The molecule has 0 heterocycles. The van der Waals surface area contributed by atoms with Crippen LogP contribution >= 0.6 is 0 Å².